The van der Waals surface area contributed by atoms with Crippen molar-refractivity contribution in [2.24, 2.45) is 5.92 Å². The van der Waals surface area contributed by atoms with Crippen LogP contribution in [0.25, 0.3) is 11.0 Å². The maximum absolute atomic E-state index is 12.5. The highest BCUT2D eigenvalue weighted by Gasteiger charge is 2.40. The molecule has 1 aromatic heterocycles. The highest BCUT2D eigenvalue weighted by atomic mass is 32.2. The van der Waals surface area contributed by atoms with Crippen LogP contribution >= 0.6 is 0 Å². The first kappa shape index (κ1) is 16.7. The third-order valence-corrected chi connectivity index (χ3v) is 6.53. The Bertz CT molecular complexity index is 939. The van der Waals surface area contributed by atoms with Crippen molar-refractivity contribution in [3.05, 3.63) is 46.3 Å². The second kappa shape index (κ2) is 6.05. The van der Waals surface area contributed by atoms with Gasteiger partial charge in [0.25, 0.3) is 5.91 Å². The summed E-state index contributed by atoms with van der Waals surface area (Å²) in [7, 11) is -3.21. The van der Waals surface area contributed by atoms with Gasteiger partial charge in [0.2, 0.25) is 0 Å². The molecule has 0 N–H and O–H groups in total. The van der Waals surface area contributed by atoms with Crippen molar-refractivity contribution in [2.75, 3.05) is 18.8 Å². The van der Waals surface area contributed by atoms with Gasteiger partial charge in [-0.3, -0.25) is 4.79 Å². The van der Waals surface area contributed by atoms with Gasteiger partial charge in [-0.05, 0) is 18.1 Å². The molecule has 2 aromatic rings. The lowest BCUT2D eigenvalue weighted by atomic mass is 10.1. The fourth-order valence-electron chi connectivity index (χ4n) is 2.81. The molecule has 1 aliphatic heterocycles. The number of hydrogen-bond acceptors (Lipinski definition) is 5. The fourth-order valence-corrected chi connectivity index (χ4v) is 4.83. The van der Waals surface area contributed by atoms with Crippen LogP contribution in [0.1, 0.15) is 24.2 Å². The number of rotatable bonds is 4. The van der Waals surface area contributed by atoms with E-state index in [2.05, 4.69) is 0 Å². The molecule has 24 heavy (non-hydrogen) atoms. The molecule has 0 unspecified atom stereocenters. The van der Waals surface area contributed by atoms with E-state index in [1.54, 1.807) is 24.3 Å². The molecule has 0 bridgehead atoms. The van der Waals surface area contributed by atoms with Crippen LogP contribution in [0.3, 0.4) is 0 Å². The van der Waals surface area contributed by atoms with E-state index >= 15 is 0 Å². The Labute approximate surface area is 140 Å². The van der Waals surface area contributed by atoms with E-state index in [1.165, 1.54) is 11.0 Å². The first-order chi connectivity index (χ1) is 11.3. The second-order valence-electron chi connectivity index (χ2n) is 6.54. The zero-order valence-corrected chi connectivity index (χ0v) is 14.4. The number of fused-ring (bicyclic) bond motifs is 1. The number of carbonyl (C=O) groups is 1. The summed E-state index contributed by atoms with van der Waals surface area (Å²) < 4.78 is 29.5. The van der Waals surface area contributed by atoms with Crippen molar-refractivity contribution in [1.29, 1.82) is 0 Å². The minimum atomic E-state index is -3.21. The third kappa shape index (κ3) is 3.08. The van der Waals surface area contributed by atoms with Gasteiger partial charge in [-0.2, -0.15) is 0 Å². The van der Waals surface area contributed by atoms with Gasteiger partial charge in [-0.25, -0.2) is 13.2 Å². The van der Waals surface area contributed by atoms with Gasteiger partial charge in [0.15, 0.2) is 9.84 Å². The summed E-state index contributed by atoms with van der Waals surface area (Å²) >= 11 is 0. The predicted molar refractivity (Wildman–Crippen MR) is 90.8 cm³/mol. The van der Waals surface area contributed by atoms with Crippen LogP contribution in [0.2, 0.25) is 0 Å². The summed E-state index contributed by atoms with van der Waals surface area (Å²) in [6.45, 7) is 3.94. The number of benzene rings is 1. The highest BCUT2D eigenvalue weighted by Crippen LogP contribution is 2.21. The van der Waals surface area contributed by atoms with Crippen LogP contribution in [-0.2, 0) is 9.84 Å². The molecule has 0 spiro atoms. The Morgan fingerprint density at radius 2 is 1.96 bits per heavy atom. The van der Waals surface area contributed by atoms with Crippen molar-refractivity contribution in [1.82, 2.24) is 4.90 Å². The van der Waals surface area contributed by atoms with E-state index in [0.717, 1.165) is 0 Å². The molecule has 7 heteroatoms. The minimum Gasteiger partial charge on any atom is -0.422 e. The molecule has 0 radical (unpaired) electrons. The van der Waals surface area contributed by atoms with E-state index < -0.39 is 26.6 Å². The summed E-state index contributed by atoms with van der Waals surface area (Å²) in [4.78, 5) is 25.8. The van der Waals surface area contributed by atoms with Crippen molar-refractivity contribution in [3.63, 3.8) is 0 Å². The first-order valence-corrected chi connectivity index (χ1v) is 9.53. The van der Waals surface area contributed by atoms with Crippen LogP contribution in [0.4, 0.5) is 0 Å². The molecule has 6 nitrogen and oxygen atoms in total. The van der Waals surface area contributed by atoms with E-state index in [1.807, 2.05) is 13.8 Å². The summed E-state index contributed by atoms with van der Waals surface area (Å²) in [5, 5.41) is 0.112. The van der Waals surface area contributed by atoms with Crippen molar-refractivity contribution in [3.8, 4) is 0 Å². The van der Waals surface area contributed by atoms with Crippen molar-refractivity contribution < 1.29 is 17.6 Å². The number of likely N-dealkylation sites (tertiary alicyclic amines) is 1. The number of carbonyl (C=O) groups excluding carboxylic acids is 1. The molecule has 1 fully saturated rings. The monoisotopic (exact) mass is 349 g/mol. The average molecular weight is 349 g/mol. The second-order valence-corrected chi connectivity index (χ2v) is 8.87. The molecule has 1 amide bonds. The number of nitrogens with zero attached hydrogens (tertiary/aromatic N) is 1. The van der Waals surface area contributed by atoms with Crippen molar-refractivity contribution in [2.45, 2.75) is 19.1 Å². The number of sulfone groups is 1. The minimum absolute atomic E-state index is 0.0484. The van der Waals surface area contributed by atoms with Gasteiger partial charge in [-0.15, -0.1) is 0 Å². The van der Waals surface area contributed by atoms with Crippen LogP contribution in [-0.4, -0.2) is 43.3 Å². The highest BCUT2D eigenvalue weighted by molar-refractivity contribution is 7.92. The van der Waals surface area contributed by atoms with E-state index in [0.29, 0.717) is 11.0 Å². The Balaban J connectivity index is 1.78. The maximum atomic E-state index is 12.5. The van der Waals surface area contributed by atoms with Gasteiger partial charge in [0.05, 0.1) is 11.0 Å². The Hall–Kier alpha value is -2.15. The van der Waals surface area contributed by atoms with Crippen LogP contribution in [0.5, 0.6) is 0 Å². The molecule has 1 aliphatic rings. The quantitative estimate of drug-likeness (QED) is 0.784. The molecular weight excluding hydrogens is 330 g/mol. The normalized spacial score (nSPS) is 15.7. The van der Waals surface area contributed by atoms with E-state index in [-0.39, 0.29) is 30.3 Å². The summed E-state index contributed by atoms with van der Waals surface area (Å²) in [6, 6.07) is 8.44. The SMILES string of the molecule is CC(C)CS(=O)(=O)C1CN(C(=O)c2cc3ccccc3oc2=O)C1. The number of para-hydroxylation sites is 1. The summed E-state index contributed by atoms with van der Waals surface area (Å²) in [6.07, 6.45) is 0. The van der Waals surface area contributed by atoms with Gasteiger partial charge >= 0.3 is 5.63 Å². The molecule has 0 atom stereocenters. The molecule has 0 saturated carbocycles. The molecule has 1 aromatic carbocycles. The van der Waals surface area contributed by atoms with Crippen LogP contribution < -0.4 is 5.63 Å². The molecule has 2 heterocycles. The number of hydrogen-bond donors (Lipinski definition) is 0. The molecule has 128 valence electrons. The summed E-state index contributed by atoms with van der Waals surface area (Å²) in [5.41, 5.74) is -0.347. The van der Waals surface area contributed by atoms with E-state index in [4.69, 9.17) is 4.42 Å². The number of amides is 1. The topological polar surface area (TPSA) is 84.7 Å². The zero-order chi connectivity index (χ0) is 17.5. The predicted octanol–water partition coefficient (Wildman–Crippen LogP) is 1.69. The van der Waals surface area contributed by atoms with E-state index in [9.17, 15) is 18.0 Å². The molecular formula is C17H19NO5S. The fraction of sp³-hybridized carbons (Fsp3) is 0.412. The smallest absolute Gasteiger partial charge is 0.349 e. The molecule has 0 aliphatic carbocycles. The van der Waals surface area contributed by atoms with Gasteiger partial charge < -0.3 is 9.32 Å². The van der Waals surface area contributed by atoms with Gasteiger partial charge in [0, 0.05) is 18.5 Å². The zero-order valence-electron chi connectivity index (χ0n) is 13.6. The summed E-state index contributed by atoms with van der Waals surface area (Å²) in [5.74, 6) is -0.324. The van der Waals surface area contributed by atoms with Crippen LogP contribution in [0.15, 0.2) is 39.5 Å². The maximum Gasteiger partial charge on any atom is 0.349 e. The Morgan fingerprint density at radius 3 is 2.62 bits per heavy atom. The Morgan fingerprint density at radius 1 is 1.29 bits per heavy atom. The van der Waals surface area contributed by atoms with Crippen molar-refractivity contribution >= 4 is 26.7 Å². The third-order valence-electron chi connectivity index (χ3n) is 4.08. The first-order valence-electron chi connectivity index (χ1n) is 7.81. The standard InChI is InChI=1S/C17H19NO5S/c1-11(2)10-24(21,22)13-8-18(9-13)16(19)14-7-12-5-3-4-6-15(12)23-17(14)20/h3-7,11,13H,8-10H2,1-2H3. The lowest BCUT2D eigenvalue weighted by Gasteiger charge is -2.38. The van der Waals surface area contributed by atoms with Gasteiger partial charge in [0.1, 0.15) is 11.1 Å². The van der Waals surface area contributed by atoms with Gasteiger partial charge in [-0.1, -0.05) is 32.0 Å². The molecule has 1 saturated heterocycles. The molecule has 3 rings (SSSR count). The largest absolute Gasteiger partial charge is 0.422 e. The lowest BCUT2D eigenvalue weighted by Crippen LogP contribution is -2.58. The lowest BCUT2D eigenvalue weighted by molar-refractivity contribution is 0.0654. The Kier molecular flexibility index (Phi) is 4.21. The van der Waals surface area contributed by atoms with Crippen LogP contribution in [0, 0.1) is 5.92 Å². The average Bonchev–Trinajstić information content (AvgIpc) is 2.42.